The van der Waals surface area contributed by atoms with Gasteiger partial charge in [-0.1, -0.05) is 61.3 Å². The zero-order valence-corrected chi connectivity index (χ0v) is 27.3. The molecule has 0 aromatic heterocycles. The molecule has 5 saturated carbocycles. The van der Waals surface area contributed by atoms with Crippen LogP contribution in [0.15, 0.2) is 0 Å². The topological polar surface area (TPSA) is 130 Å². The van der Waals surface area contributed by atoms with Crippen LogP contribution in [-0.4, -0.2) is 57.1 Å². The van der Waals surface area contributed by atoms with Crippen LogP contribution in [0.5, 0.6) is 0 Å². The second-order valence-electron chi connectivity index (χ2n) is 17.4. The van der Waals surface area contributed by atoms with E-state index in [2.05, 4.69) is 53.2 Å². The zero-order chi connectivity index (χ0) is 31.0. The van der Waals surface area contributed by atoms with Crippen LogP contribution in [0.4, 0.5) is 0 Å². The number of hydrogen-bond donors (Lipinski definition) is 4. The summed E-state index contributed by atoms with van der Waals surface area (Å²) in [5, 5.41) is 46.1. The van der Waals surface area contributed by atoms with Gasteiger partial charge < -0.3 is 30.3 Å². The molecule has 14 atom stereocenters. The lowest BCUT2D eigenvalue weighted by Gasteiger charge is -2.73. The zero-order valence-electron chi connectivity index (χ0n) is 27.3. The first-order valence-corrected chi connectivity index (χ1v) is 17.0. The van der Waals surface area contributed by atoms with Crippen molar-refractivity contribution in [3.63, 3.8) is 0 Å². The molecule has 242 valence electrons. The smallest absolute Gasteiger partial charge is 0.335 e. The molecule has 7 nitrogen and oxygen atoms in total. The molecule has 4 N–H and O–H groups in total. The first-order valence-electron chi connectivity index (χ1n) is 17.0. The molecule has 42 heavy (non-hydrogen) atoms. The van der Waals surface area contributed by atoms with Crippen molar-refractivity contribution in [3.8, 4) is 0 Å². The van der Waals surface area contributed by atoms with Gasteiger partial charge in [0.2, 0.25) is 0 Å². The number of ether oxygens (including phenoxy) is 1. The second-order valence-corrected chi connectivity index (χ2v) is 17.4. The highest BCUT2D eigenvalue weighted by Gasteiger charge is 2.68. The molecule has 5 aliphatic carbocycles. The molecule has 1 saturated heterocycles. The van der Waals surface area contributed by atoms with E-state index < -0.39 is 36.7 Å². The molecule has 0 amide bonds. The molecule has 1 aliphatic heterocycles. The molecule has 0 radical (unpaired) electrons. The number of aliphatic hydroxyl groups is 3. The van der Waals surface area contributed by atoms with Crippen molar-refractivity contribution in [2.75, 3.05) is 0 Å². The van der Waals surface area contributed by atoms with Crippen molar-refractivity contribution in [1.82, 2.24) is 0 Å². The monoisotopic (exact) mass is 591 g/mol. The van der Waals surface area contributed by atoms with Gasteiger partial charge in [0.15, 0.2) is 6.10 Å². The summed E-state index contributed by atoms with van der Waals surface area (Å²) in [4.78, 5) is 10.3. The van der Waals surface area contributed by atoms with E-state index in [4.69, 9.17) is 20.4 Å². The average Bonchev–Trinajstić information content (AvgIpc) is 2.90. The van der Waals surface area contributed by atoms with Gasteiger partial charge in [-0.05, 0) is 121 Å². The molecular weight excluding hydrogens is 532 g/mol. The summed E-state index contributed by atoms with van der Waals surface area (Å²) in [6.45, 7) is 18.8. The van der Waals surface area contributed by atoms with Gasteiger partial charge in [-0.3, -0.25) is 0 Å². The molecule has 6 fully saturated rings. The van der Waals surface area contributed by atoms with Gasteiger partial charge in [-0.25, -0.2) is 4.79 Å². The van der Waals surface area contributed by atoms with E-state index in [1.807, 2.05) is 0 Å². The number of aliphatic carboxylic acids is 1. The Hall–Kier alpha value is -0.730. The van der Waals surface area contributed by atoms with E-state index in [9.17, 15) is 9.90 Å². The fourth-order valence-corrected chi connectivity index (χ4v) is 12.3. The number of rotatable bonds is 1. The van der Waals surface area contributed by atoms with Crippen LogP contribution in [0.2, 0.25) is 0 Å². The number of fused-ring (bicyclic) bond motifs is 7. The van der Waals surface area contributed by atoms with E-state index >= 15 is 0 Å². The maximum absolute atomic E-state index is 10.7. The number of aliphatic hydroxyl groups excluding tert-OH is 3. The fraction of sp³-hybridized carbons (Fsp3) is 0.971. The van der Waals surface area contributed by atoms with Crippen LogP contribution >= 0.6 is 0 Å². The highest BCUT2D eigenvalue weighted by atomic mass is 16.6. The maximum Gasteiger partial charge on any atom is 0.335 e. The Bertz CT molecular complexity index is 1020. The quantitative estimate of drug-likeness (QED) is 0.333. The van der Waals surface area contributed by atoms with Gasteiger partial charge in [0.25, 0.3) is 0 Å². The predicted molar refractivity (Wildman–Crippen MR) is 159 cm³/mol. The summed E-state index contributed by atoms with van der Waals surface area (Å²) < 4.78 is 4.23. The second kappa shape index (κ2) is 11.0. The van der Waals surface area contributed by atoms with E-state index in [1.165, 1.54) is 64.2 Å². The van der Waals surface area contributed by atoms with Gasteiger partial charge >= 0.3 is 5.97 Å². The van der Waals surface area contributed by atoms with Crippen molar-refractivity contribution < 1.29 is 35.1 Å². The van der Waals surface area contributed by atoms with Crippen molar-refractivity contribution in [2.45, 2.75) is 156 Å². The van der Waals surface area contributed by atoms with E-state index in [0.717, 1.165) is 29.6 Å². The van der Waals surface area contributed by atoms with Crippen LogP contribution in [0.3, 0.4) is 0 Å². The Morgan fingerprint density at radius 3 is 2.10 bits per heavy atom. The molecule has 0 spiro atoms. The molecular formula is C35H59O7-. The summed E-state index contributed by atoms with van der Waals surface area (Å²) in [6.07, 6.45) is 8.91. The number of carboxylic acid groups (broad SMARTS) is 1. The molecule has 1 heterocycles. The van der Waals surface area contributed by atoms with Gasteiger partial charge in [-0.2, -0.15) is 0 Å². The van der Waals surface area contributed by atoms with E-state index in [-0.39, 0.29) is 0 Å². The summed E-state index contributed by atoms with van der Waals surface area (Å²) in [5.74, 6) is 3.36. The van der Waals surface area contributed by atoms with E-state index in [1.54, 1.807) is 12.8 Å². The van der Waals surface area contributed by atoms with Crippen molar-refractivity contribution in [2.24, 2.45) is 56.7 Å². The highest BCUT2D eigenvalue weighted by molar-refractivity contribution is 5.73. The molecule has 6 aliphatic rings. The van der Waals surface area contributed by atoms with Crippen LogP contribution in [0, 0.1) is 56.7 Å². The molecule has 0 bridgehead atoms. The van der Waals surface area contributed by atoms with Crippen molar-refractivity contribution in [1.29, 1.82) is 0 Å². The Kier molecular flexibility index (Phi) is 8.52. The Morgan fingerprint density at radius 1 is 0.738 bits per heavy atom. The summed E-state index contributed by atoms with van der Waals surface area (Å²) >= 11 is 0. The van der Waals surface area contributed by atoms with Crippen LogP contribution < -0.4 is 5.11 Å². The summed E-state index contributed by atoms with van der Waals surface area (Å²) in [5.41, 5.74) is 3.00. The summed E-state index contributed by atoms with van der Waals surface area (Å²) in [7, 11) is 0. The molecule has 6 rings (SSSR count). The maximum atomic E-state index is 10.7. The van der Waals surface area contributed by atoms with Crippen molar-refractivity contribution >= 4 is 5.97 Å². The number of carboxylic acids is 1. The third-order valence-electron chi connectivity index (χ3n) is 15.0. The lowest BCUT2D eigenvalue weighted by Crippen LogP contribution is -2.65. The van der Waals surface area contributed by atoms with Gasteiger partial charge in [0.1, 0.15) is 12.2 Å². The minimum atomic E-state index is -2.06. The Balaban J connectivity index is 0.000000229. The lowest BCUT2D eigenvalue weighted by atomic mass is 9.32. The first kappa shape index (κ1) is 32.7. The van der Waals surface area contributed by atoms with Gasteiger partial charge in [0, 0.05) is 6.29 Å². The molecule has 7 heteroatoms. The number of hydrogen-bond acceptors (Lipinski definition) is 6. The standard InChI is InChI=1S/C29H50.C6H9O7/c1-20-11-15-26(4)17-18-28(6)21(22(26)19-20)9-10-24-27(5)14-8-13-25(2,3)23(27)12-16-29(24,28)7;7-1-2(8)4(5(10)11)13-6(12)3(1)9/h20-24H,8-19H2,1-7H3;1-4,6-9H,(H,10,11)/q;-1/t20-,21-,22+,23+,24-,26-,27+,28-,29-;1-,2-,3+,4-,6+/m10/s1. The Labute approximate surface area is 253 Å². The minimum Gasteiger partial charge on any atom is -0.829 e. The van der Waals surface area contributed by atoms with Crippen LogP contribution in [0.1, 0.15) is 126 Å². The largest absolute Gasteiger partial charge is 0.829 e. The lowest BCUT2D eigenvalue weighted by molar-refractivity contribution is -0.529. The summed E-state index contributed by atoms with van der Waals surface area (Å²) in [6, 6.07) is 0. The Morgan fingerprint density at radius 2 is 1.43 bits per heavy atom. The van der Waals surface area contributed by atoms with E-state index in [0.29, 0.717) is 27.1 Å². The van der Waals surface area contributed by atoms with Crippen LogP contribution in [0.25, 0.3) is 0 Å². The first-order chi connectivity index (χ1) is 19.4. The SMILES string of the molecule is C[C@@H]1CC[C@]2(C)CC[C@]3(C)[C@H](CC[C@@H]4[C@@]5(C)CCCC(C)(C)[C@@H]5CC[C@]43C)[C@@H]2C1.O=C(O)[C@H]1O[C@@H]([O-])[C@H](O)[C@@H](O)[C@@H]1O. The normalized spacial score (nSPS) is 55.0. The van der Waals surface area contributed by atoms with Crippen molar-refractivity contribution in [3.05, 3.63) is 0 Å². The highest BCUT2D eigenvalue weighted by Crippen LogP contribution is 2.76. The molecule has 0 aromatic rings. The molecule has 0 aromatic carbocycles. The molecule has 0 unspecified atom stereocenters. The average molecular weight is 592 g/mol. The van der Waals surface area contributed by atoms with Gasteiger partial charge in [-0.15, -0.1) is 0 Å². The minimum absolute atomic E-state index is 0.565. The number of carbonyl (C=O) groups is 1. The third-order valence-corrected chi connectivity index (χ3v) is 15.0. The fourth-order valence-electron chi connectivity index (χ4n) is 12.3. The van der Waals surface area contributed by atoms with Crippen LogP contribution in [-0.2, 0) is 9.53 Å². The predicted octanol–water partition coefficient (Wildman–Crippen LogP) is 5.13. The third kappa shape index (κ3) is 4.91. The van der Waals surface area contributed by atoms with Gasteiger partial charge in [0.05, 0.1) is 6.10 Å².